The molecule has 8 saturated carbocycles. The van der Waals surface area contributed by atoms with E-state index in [0.717, 1.165) is 58.7 Å². The first-order valence-electron chi connectivity index (χ1n) is 19.8. The smallest absolute Gasteiger partial charge is 0.00646 e. The van der Waals surface area contributed by atoms with Crippen molar-refractivity contribution in [2.24, 2.45) is 64.1 Å². The van der Waals surface area contributed by atoms with Gasteiger partial charge < -0.3 is 0 Å². The lowest BCUT2D eigenvalue weighted by atomic mass is 9.55. The SMILES string of the molecule is CC(C)(C)C1=C(C(C)(C)C)C(CP(C(C)(C)C)C(C)(C)C)C(CP(C2C3CC4CC(C3)CC2C4)C2C3CC4CC(C3)CC2C4)=C1. The molecule has 45 heavy (non-hydrogen) atoms. The number of hydrogen-bond donors (Lipinski definition) is 0. The molecule has 2 heteroatoms. The topological polar surface area (TPSA) is 0 Å². The molecule has 254 valence electrons. The van der Waals surface area contributed by atoms with Gasteiger partial charge in [-0.3, -0.25) is 0 Å². The maximum absolute atomic E-state index is 2.89. The van der Waals surface area contributed by atoms with Gasteiger partial charge in [0.15, 0.2) is 0 Å². The van der Waals surface area contributed by atoms with E-state index in [1.165, 1.54) is 12.3 Å². The van der Waals surface area contributed by atoms with Crippen LogP contribution in [0.15, 0.2) is 22.8 Å². The minimum atomic E-state index is -0.150. The van der Waals surface area contributed by atoms with Crippen LogP contribution in [0.5, 0.6) is 0 Å². The molecule has 9 aliphatic rings. The summed E-state index contributed by atoms with van der Waals surface area (Å²) in [7, 11) is -0.127. The van der Waals surface area contributed by atoms with E-state index < -0.39 is 0 Å². The second kappa shape index (κ2) is 11.4. The molecule has 0 radical (unpaired) electrons. The number of allylic oxidation sites excluding steroid dienone is 4. The predicted octanol–water partition coefficient (Wildman–Crippen LogP) is 13.1. The van der Waals surface area contributed by atoms with Gasteiger partial charge in [0.1, 0.15) is 0 Å². The molecule has 0 amide bonds. The maximum Gasteiger partial charge on any atom is 0.00646 e. The van der Waals surface area contributed by atoms with Crippen molar-refractivity contribution in [2.45, 2.75) is 169 Å². The van der Waals surface area contributed by atoms with Crippen molar-refractivity contribution in [2.75, 3.05) is 12.3 Å². The Labute approximate surface area is 283 Å². The molecule has 0 spiro atoms. The molecule has 0 aliphatic heterocycles. The first kappa shape index (κ1) is 33.8. The largest absolute Gasteiger partial charge is 0.0950 e. The first-order chi connectivity index (χ1) is 20.8. The molecule has 0 aromatic rings. The molecular weight excluding hydrogens is 578 g/mol. The van der Waals surface area contributed by atoms with E-state index in [9.17, 15) is 0 Å². The zero-order valence-corrected chi connectivity index (χ0v) is 33.6. The van der Waals surface area contributed by atoms with Crippen LogP contribution in [0.4, 0.5) is 0 Å². The van der Waals surface area contributed by atoms with Crippen LogP contribution in [0, 0.1) is 64.1 Å². The molecule has 8 fully saturated rings. The van der Waals surface area contributed by atoms with Crippen LogP contribution < -0.4 is 0 Å². The minimum absolute atomic E-state index is 0.0231. The molecular formula is C43H72P2. The van der Waals surface area contributed by atoms with Gasteiger partial charge >= 0.3 is 0 Å². The summed E-state index contributed by atoms with van der Waals surface area (Å²) in [4.78, 5) is 0. The van der Waals surface area contributed by atoms with Crippen LogP contribution in [0.1, 0.15) is 147 Å². The van der Waals surface area contributed by atoms with Gasteiger partial charge in [-0.2, -0.15) is 0 Å². The zero-order valence-electron chi connectivity index (χ0n) is 31.8. The molecule has 0 nitrogen and oxygen atoms in total. The fraction of sp³-hybridized carbons (Fsp3) is 0.907. The standard InChI is InChI=1S/C43H72P2/c1-40(2,3)36-23-34(35(37(36)41(4,5)6)25-45(42(7,8)9)43(10,11)12)24-44(38-30-15-26-13-27(17-30)18-31(38)16-26)39-32-19-28-14-29(21-32)22-33(39)20-28/h23,26-33,35,38-39H,13-22,24-25H2,1-12H3. The van der Waals surface area contributed by atoms with Crippen molar-refractivity contribution in [3.8, 4) is 0 Å². The minimum Gasteiger partial charge on any atom is -0.0950 e. The first-order valence-corrected chi connectivity index (χ1v) is 23.0. The Morgan fingerprint density at radius 1 is 0.533 bits per heavy atom. The van der Waals surface area contributed by atoms with Gasteiger partial charge in [0.05, 0.1) is 0 Å². The highest BCUT2D eigenvalue weighted by Gasteiger charge is 2.57. The van der Waals surface area contributed by atoms with Gasteiger partial charge in [0.2, 0.25) is 0 Å². The van der Waals surface area contributed by atoms with Gasteiger partial charge in [-0.15, -0.1) is 0 Å². The Bertz CT molecular complexity index is 1080. The third-order valence-corrected chi connectivity index (χ3v) is 22.4. The monoisotopic (exact) mass is 651 g/mol. The molecule has 0 saturated heterocycles. The van der Waals surface area contributed by atoms with Crippen LogP contribution in [-0.2, 0) is 0 Å². The summed E-state index contributed by atoms with van der Waals surface area (Å²) in [6.45, 7) is 30.7. The predicted molar refractivity (Wildman–Crippen MR) is 202 cm³/mol. The highest BCUT2D eigenvalue weighted by atomic mass is 31.1. The van der Waals surface area contributed by atoms with Crippen molar-refractivity contribution in [3.05, 3.63) is 22.8 Å². The molecule has 0 aromatic heterocycles. The molecule has 1 unspecified atom stereocenters. The zero-order chi connectivity index (χ0) is 32.4. The molecule has 9 rings (SSSR count). The molecule has 9 aliphatic carbocycles. The summed E-state index contributed by atoms with van der Waals surface area (Å²) in [6, 6.07) is 0. The highest BCUT2D eigenvalue weighted by molar-refractivity contribution is 7.61. The lowest BCUT2D eigenvalue weighted by molar-refractivity contribution is 0.0131. The Morgan fingerprint density at radius 2 is 0.911 bits per heavy atom. The summed E-state index contributed by atoms with van der Waals surface area (Å²) >= 11 is 0. The van der Waals surface area contributed by atoms with Crippen molar-refractivity contribution < 1.29 is 0 Å². The Hall–Kier alpha value is 0.340. The second-order valence-corrected chi connectivity index (χ2v) is 28.5. The summed E-state index contributed by atoms with van der Waals surface area (Å²) < 4.78 is 0. The molecule has 0 heterocycles. The highest BCUT2D eigenvalue weighted by Crippen LogP contribution is 2.73. The second-order valence-electron chi connectivity index (χ2n) is 22.1. The van der Waals surface area contributed by atoms with Crippen molar-refractivity contribution in [3.63, 3.8) is 0 Å². The van der Waals surface area contributed by atoms with Gasteiger partial charge in [0, 0.05) is 5.92 Å². The van der Waals surface area contributed by atoms with E-state index in [1.54, 1.807) is 69.8 Å². The third kappa shape index (κ3) is 6.30. The van der Waals surface area contributed by atoms with Crippen LogP contribution in [0.2, 0.25) is 0 Å². The van der Waals surface area contributed by atoms with Crippen LogP contribution in [-0.4, -0.2) is 34.0 Å². The van der Waals surface area contributed by atoms with E-state index in [0.29, 0.717) is 16.2 Å². The molecule has 0 N–H and O–H groups in total. The van der Waals surface area contributed by atoms with E-state index in [-0.39, 0.29) is 26.7 Å². The van der Waals surface area contributed by atoms with Crippen molar-refractivity contribution >= 4 is 15.8 Å². The van der Waals surface area contributed by atoms with Crippen molar-refractivity contribution in [1.82, 2.24) is 0 Å². The van der Waals surface area contributed by atoms with E-state index in [4.69, 9.17) is 0 Å². The molecule has 1 atom stereocenters. The van der Waals surface area contributed by atoms with Gasteiger partial charge in [0.25, 0.3) is 0 Å². The Kier molecular flexibility index (Phi) is 8.59. The number of rotatable bonds is 6. The van der Waals surface area contributed by atoms with Crippen LogP contribution in [0.3, 0.4) is 0 Å². The fourth-order valence-electron chi connectivity index (χ4n) is 13.9. The van der Waals surface area contributed by atoms with Crippen LogP contribution in [0.25, 0.3) is 0 Å². The number of hydrogen-bond acceptors (Lipinski definition) is 0. The molecule has 8 bridgehead atoms. The van der Waals surface area contributed by atoms with Crippen LogP contribution >= 0.6 is 15.8 Å². The lowest BCUT2D eigenvalue weighted by Gasteiger charge is -2.62. The summed E-state index contributed by atoms with van der Waals surface area (Å²) in [5, 5.41) is 0.750. The maximum atomic E-state index is 2.89. The Balaban J connectivity index is 1.30. The van der Waals surface area contributed by atoms with Gasteiger partial charge in [-0.1, -0.05) is 116 Å². The van der Waals surface area contributed by atoms with E-state index >= 15 is 0 Å². The fourth-order valence-corrected chi connectivity index (χ4v) is 22.5. The summed E-state index contributed by atoms with van der Waals surface area (Å²) in [6.07, 6.45) is 21.9. The normalized spacial score (nSPS) is 41.9. The van der Waals surface area contributed by atoms with Gasteiger partial charge in [-0.25, -0.2) is 0 Å². The summed E-state index contributed by atoms with van der Waals surface area (Å²) in [5.41, 5.74) is 8.15. The third-order valence-electron chi connectivity index (χ3n) is 14.5. The average molecular weight is 651 g/mol. The Morgan fingerprint density at radius 3 is 1.22 bits per heavy atom. The quantitative estimate of drug-likeness (QED) is 0.251. The van der Waals surface area contributed by atoms with Crippen molar-refractivity contribution in [1.29, 1.82) is 0 Å². The van der Waals surface area contributed by atoms with Gasteiger partial charge in [-0.05, 0) is 162 Å². The van der Waals surface area contributed by atoms with E-state index in [1.807, 2.05) is 11.1 Å². The van der Waals surface area contributed by atoms with E-state index in [2.05, 4.69) is 89.2 Å². The lowest BCUT2D eigenvalue weighted by Crippen LogP contribution is -2.53. The average Bonchev–Trinajstić information content (AvgIpc) is 3.23. The summed E-state index contributed by atoms with van der Waals surface area (Å²) in [5.74, 6) is 9.41. The molecule has 0 aromatic carbocycles.